The number of hydrogen-bond acceptors (Lipinski definition) is 5. The van der Waals surface area contributed by atoms with Gasteiger partial charge in [-0.25, -0.2) is 13.6 Å². The SMILES string of the molecule is O=C(C[C@@H]1CCC(=O)N1Cc1cccc(F)c1F)N[C@@H](CC1CC1)C(=O)OCc1cccnc1. The van der Waals surface area contributed by atoms with Crippen LogP contribution in [0.4, 0.5) is 8.78 Å². The van der Waals surface area contributed by atoms with Gasteiger partial charge < -0.3 is 15.0 Å². The number of amides is 2. The summed E-state index contributed by atoms with van der Waals surface area (Å²) in [6, 6.07) is 6.13. The quantitative estimate of drug-likeness (QED) is 0.538. The molecule has 1 aliphatic heterocycles. The molecule has 34 heavy (non-hydrogen) atoms. The van der Waals surface area contributed by atoms with Gasteiger partial charge in [0.2, 0.25) is 11.8 Å². The van der Waals surface area contributed by atoms with E-state index in [2.05, 4.69) is 10.3 Å². The molecule has 2 heterocycles. The van der Waals surface area contributed by atoms with Gasteiger partial charge in [-0.3, -0.25) is 14.6 Å². The van der Waals surface area contributed by atoms with E-state index in [0.29, 0.717) is 18.8 Å². The number of pyridine rings is 1. The Balaban J connectivity index is 1.35. The predicted octanol–water partition coefficient (Wildman–Crippen LogP) is 3.27. The van der Waals surface area contributed by atoms with Gasteiger partial charge in [0.05, 0.1) is 0 Å². The maximum absolute atomic E-state index is 14.1. The molecule has 0 bridgehead atoms. The fraction of sp³-hybridized carbons (Fsp3) is 0.440. The highest BCUT2D eigenvalue weighted by Gasteiger charge is 2.35. The van der Waals surface area contributed by atoms with Crippen LogP contribution in [0.25, 0.3) is 0 Å². The molecule has 0 spiro atoms. The topological polar surface area (TPSA) is 88.6 Å². The fourth-order valence-corrected chi connectivity index (χ4v) is 4.18. The number of nitrogens with one attached hydrogen (secondary N) is 1. The molecule has 2 fully saturated rings. The molecule has 2 aliphatic rings. The Morgan fingerprint density at radius 3 is 2.74 bits per heavy atom. The number of likely N-dealkylation sites (tertiary alicyclic amines) is 1. The third-order valence-corrected chi connectivity index (χ3v) is 6.24. The zero-order chi connectivity index (χ0) is 24.1. The highest BCUT2D eigenvalue weighted by molar-refractivity contribution is 5.86. The maximum Gasteiger partial charge on any atom is 0.328 e. The molecule has 1 N–H and O–H groups in total. The van der Waals surface area contributed by atoms with E-state index in [9.17, 15) is 23.2 Å². The van der Waals surface area contributed by atoms with Crippen LogP contribution in [0, 0.1) is 17.6 Å². The predicted molar refractivity (Wildman–Crippen MR) is 118 cm³/mol. The highest BCUT2D eigenvalue weighted by atomic mass is 19.2. The number of carbonyl (C=O) groups excluding carboxylic acids is 3. The van der Waals surface area contributed by atoms with Crippen molar-refractivity contribution in [3.8, 4) is 0 Å². The first-order valence-electron chi connectivity index (χ1n) is 11.5. The number of nitrogens with zero attached hydrogens (tertiary/aromatic N) is 2. The molecule has 7 nitrogen and oxygen atoms in total. The molecule has 2 atom stereocenters. The van der Waals surface area contributed by atoms with Crippen molar-refractivity contribution in [2.24, 2.45) is 5.92 Å². The van der Waals surface area contributed by atoms with Gasteiger partial charge in [0.1, 0.15) is 12.6 Å². The number of benzene rings is 1. The molecule has 0 radical (unpaired) electrons. The van der Waals surface area contributed by atoms with Crippen LogP contribution in [0.1, 0.15) is 49.7 Å². The van der Waals surface area contributed by atoms with Crippen molar-refractivity contribution in [3.05, 3.63) is 65.5 Å². The minimum Gasteiger partial charge on any atom is -0.459 e. The highest BCUT2D eigenvalue weighted by Crippen LogP contribution is 2.34. The Morgan fingerprint density at radius 2 is 2.00 bits per heavy atom. The van der Waals surface area contributed by atoms with Crippen LogP contribution >= 0.6 is 0 Å². The largest absolute Gasteiger partial charge is 0.459 e. The molecule has 1 aliphatic carbocycles. The second-order valence-electron chi connectivity index (χ2n) is 8.90. The lowest BCUT2D eigenvalue weighted by molar-refractivity contribution is -0.149. The number of carbonyl (C=O) groups is 3. The van der Waals surface area contributed by atoms with Crippen LogP contribution in [0.2, 0.25) is 0 Å². The third-order valence-electron chi connectivity index (χ3n) is 6.24. The molecule has 4 rings (SSSR count). The average molecular weight is 472 g/mol. The van der Waals surface area contributed by atoms with Crippen LogP contribution in [0.15, 0.2) is 42.7 Å². The number of ether oxygens (including phenoxy) is 1. The van der Waals surface area contributed by atoms with E-state index in [4.69, 9.17) is 4.74 Å². The van der Waals surface area contributed by atoms with Crippen molar-refractivity contribution in [1.29, 1.82) is 0 Å². The zero-order valence-corrected chi connectivity index (χ0v) is 18.7. The zero-order valence-electron chi connectivity index (χ0n) is 18.7. The second-order valence-corrected chi connectivity index (χ2v) is 8.90. The first-order valence-corrected chi connectivity index (χ1v) is 11.5. The van der Waals surface area contributed by atoms with Crippen molar-refractivity contribution < 1.29 is 27.9 Å². The smallest absolute Gasteiger partial charge is 0.328 e. The minimum absolute atomic E-state index is 0.0280. The van der Waals surface area contributed by atoms with Crippen LogP contribution < -0.4 is 5.32 Å². The van der Waals surface area contributed by atoms with Crippen molar-refractivity contribution in [1.82, 2.24) is 15.2 Å². The summed E-state index contributed by atoms with van der Waals surface area (Å²) in [6.45, 7) is -0.0488. The van der Waals surface area contributed by atoms with Gasteiger partial charge in [-0.05, 0) is 30.9 Å². The van der Waals surface area contributed by atoms with Crippen molar-refractivity contribution in [2.75, 3.05) is 0 Å². The van der Waals surface area contributed by atoms with E-state index in [1.165, 1.54) is 17.0 Å². The molecule has 0 unspecified atom stereocenters. The molecular formula is C25H27F2N3O4. The van der Waals surface area contributed by atoms with E-state index in [0.717, 1.165) is 24.5 Å². The molecular weight excluding hydrogens is 444 g/mol. The lowest BCUT2D eigenvalue weighted by Gasteiger charge is -2.26. The van der Waals surface area contributed by atoms with Crippen LogP contribution in [0.5, 0.6) is 0 Å². The van der Waals surface area contributed by atoms with Gasteiger partial charge in [0.25, 0.3) is 0 Å². The molecule has 2 aromatic rings. The Labute approximate surface area is 196 Å². The molecule has 9 heteroatoms. The van der Waals surface area contributed by atoms with Gasteiger partial charge in [-0.15, -0.1) is 0 Å². The first kappa shape index (κ1) is 23.8. The molecule has 1 aromatic heterocycles. The van der Waals surface area contributed by atoms with Crippen LogP contribution in [-0.4, -0.2) is 39.8 Å². The number of hydrogen-bond donors (Lipinski definition) is 1. The molecule has 2 amide bonds. The van der Waals surface area contributed by atoms with E-state index in [-0.39, 0.29) is 43.4 Å². The monoisotopic (exact) mass is 471 g/mol. The van der Waals surface area contributed by atoms with Crippen LogP contribution in [0.3, 0.4) is 0 Å². The normalized spacial score (nSPS) is 18.6. The van der Waals surface area contributed by atoms with Crippen LogP contribution in [-0.2, 0) is 32.3 Å². The first-order chi connectivity index (χ1) is 16.4. The van der Waals surface area contributed by atoms with Crippen molar-refractivity contribution >= 4 is 17.8 Å². The maximum atomic E-state index is 14.1. The van der Waals surface area contributed by atoms with E-state index in [1.807, 2.05) is 0 Å². The molecule has 1 aromatic carbocycles. The molecule has 180 valence electrons. The van der Waals surface area contributed by atoms with Gasteiger partial charge in [-0.2, -0.15) is 0 Å². The van der Waals surface area contributed by atoms with Gasteiger partial charge in [-0.1, -0.05) is 31.0 Å². The van der Waals surface area contributed by atoms with Gasteiger partial charge >= 0.3 is 5.97 Å². The van der Waals surface area contributed by atoms with Crippen molar-refractivity contribution in [2.45, 2.75) is 63.8 Å². The number of rotatable bonds is 10. The summed E-state index contributed by atoms with van der Waals surface area (Å²) in [5.74, 6) is -2.71. The van der Waals surface area contributed by atoms with Gasteiger partial charge in [0, 0.05) is 48.9 Å². The third kappa shape index (κ3) is 6.15. The minimum atomic E-state index is -0.994. The lowest BCUT2D eigenvalue weighted by atomic mass is 10.1. The summed E-state index contributed by atoms with van der Waals surface area (Å²) in [7, 11) is 0. The Morgan fingerprint density at radius 1 is 1.18 bits per heavy atom. The Kier molecular flexibility index (Phi) is 7.49. The van der Waals surface area contributed by atoms with Gasteiger partial charge in [0.15, 0.2) is 11.6 Å². The van der Waals surface area contributed by atoms with Crippen molar-refractivity contribution in [3.63, 3.8) is 0 Å². The lowest BCUT2D eigenvalue weighted by Crippen LogP contribution is -2.44. The number of aromatic nitrogens is 1. The standard InChI is InChI=1S/C25H27F2N3O4/c26-20-5-1-4-18(24(20)27)14-30-19(8-9-23(30)32)12-22(31)29-21(11-16-6-7-16)25(33)34-15-17-3-2-10-28-13-17/h1-5,10,13,16,19,21H,6-9,11-12,14-15H2,(H,29,31)/t19-,21-/m0/s1. The fourth-order valence-electron chi connectivity index (χ4n) is 4.18. The summed E-state index contributed by atoms with van der Waals surface area (Å²) < 4.78 is 33.1. The summed E-state index contributed by atoms with van der Waals surface area (Å²) in [5.41, 5.74) is 0.809. The number of halogens is 2. The Hall–Kier alpha value is -3.36. The summed E-state index contributed by atoms with van der Waals surface area (Å²) in [4.78, 5) is 43.3. The Bertz CT molecular complexity index is 1050. The summed E-state index contributed by atoms with van der Waals surface area (Å²) in [5, 5.41) is 2.77. The summed E-state index contributed by atoms with van der Waals surface area (Å²) in [6.07, 6.45) is 6.38. The second kappa shape index (κ2) is 10.7. The van der Waals surface area contributed by atoms with E-state index < -0.39 is 29.7 Å². The molecule has 1 saturated heterocycles. The molecule has 1 saturated carbocycles. The van der Waals surface area contributed by atoms with E-state index >= 15 is 0 Å². The summed E-state index contributed by atoms with van der Waals surface area (Å²) >= 11 is 0. The number of esters is 1. The average Bonchev–Trinajstić information content (AvgIpc) is 3.59. The van der Waals surface area contributed by atoms with E-state index in [1.54, 1.807) is 24.5 Å².